The van der Waals surface area contributed by atoms with Crippen LogP contribution >= 0.6 is 0 Å². The first-order valence-corrected chi connectivity index (χ1v) is 8.29. The number of hydrogen-bond acceptors (Lipinski definition) is 4. The number of ketones is 1. The van der Waals surface area contributed by atoms with E-state index < -0.39 is 18.1 Å². The second-order valence-electron chi connectivity index (χ2n) is 6.21. The molecule has 0 spiro atoms. The number of fused-ring (bicyclic) bond motifs is 1. The van der Waals surface area contributed by atoms with E-state index >= 15 is 0 Å². The zero-order valence-electron chi connectivity index (χ0n) is 14.3. The molecule has 4 N–H and O–H groups in total. The summed E-state index contributed by atoms with van der Waals surface area (Å²) in [5.74, 6) is -1.29. The Hall–Kier alpha value is -2.44. The van der Waals surface area contributed by atoms with Crippen molar-refractivity contribution in [3.05, 3.63) is 48.2 Å². The third kappa shape index (κ3) is 5.01. The lowest BCUT2D eigenvalue weighted by Gasteiger charge is -2.15. The quantitative estimate of drug-likeness (QED) is 0.390. The molecule has 0 aliphatic rings. The van der Waals surface area contributed by atoms with Gasteiger partial charge in [-0.1, -0.05) is 24.8 Å². The Bertz CT molecular complexity index is 766. The summed E-state index contributed by atoms with van der Waals surface area (Å²) in [7, 11) is 0. The molecule has 2 rings (SSSR count). The van der Waals surface area contributed by atoms with Crippen LogP contribution in [0.15, 0.2) is 42.6 Å². The average Bonchev–Trinajstić information content (AvgIpc) is 2.99. The van der Waals surface area contributed by atoms with E-state index in [1.807, 2.05) is 30.5 Å². The van der Waals surface area contributed by atoms with E-state index in [0.29, 0.717) is 25.0 Å². The Morgan fingerprint density at radius 3 is 2.72 bits per heavy atom. The lowest BCUT2D eigenvalue weighted by Crippen LogP contribution is -2.39. The molecule has 6 nitrogen and oxygen atoms in total. The highest BCUT2D eigenvalue weighted by Crippen LogP contribution is 2.19. The number of benzene rings is 1. The molecular formula is C19H24N2O4. The van der Waals surface area contributed by atoms with Crippen LogP contribution in [0.25, 0.3) is 10.9 Å². The van der Waals surface area contributed by atoms with Gasteiger partial charge >= 0.3 is 5.97 Å². The highest BCUT2D eigenvalue weighted by molar-refractivity contribution is 5.97. The molecule has 1 aromatic heterocycles. The van der Waals surface area contributed by atoms with Crippen LogP contribution in [-0.2, 0) is 16.0 Å². The number of hydrogen-bond donors (Lipinski definition) is 4. The number of rotatable bonds is 10. The lowest BCUT2D eigenvalue weighted by molar-refractivity contribution is -0.139. The normalized spacial score (nSPS) is 13.5. The summed E-state index contributed by atoms with van der Waals surface area (Å²) in [6.07, 6.45) is 1.89. The van der Waals surface area contributed by atoms with Gasteiger partial charge in [-0.05, 0) is 43.5 Å². The molecule has 0 amide bonds. The molecule has 0 fully saturated rings. The number of aliphatic hydroxyl groups excluding tert-OH is 1. The molecule has 1 unspecified atom stereocenters. The number of carboxylic acid groups (broad SMARTS) is 1. The predicted molar refractivity (Wildman–Crippen MR) is 96.5 cm³/mol. The fourth-order valence-electron chi connectivity index (χ4n) is 2.75. The number of aliphatic hydroxyl groups is 1. The van der Waals surface area contributed by atoms with Crippen LogP contribution in [0.3, 0.4) is 0 Å². The van der Waals surface area contributed by atoms with Gasteiger partial charge in [0, 0.05) is 23.5 Å². The Labute approximate surface area is 146 Å². The van der Waals surface area contributed by atoms with Gasteiger partial charge in [0.25, 0.3) is 0 Å². The van der Waals surface area contributed by atoms with Crippen LogP contribution in [0.2, 0.25) is 0 Å². The summed E-state index contributed by atoms with van der Waals surface area (Å²) in [6, 6.07) is 7.02. The summed E-state index contributed by atoms with van der Waals surface area (Å²) in [5.41, 5.74) is 2.24. The molecule has 1 heterocycles. The second kappa shape index (κ2) is 8.60. The van der Waals surface area contributed by atoms with Crippen LogP contribution in [0.5, 0.6) is 0 Å². The van der Waals surface area contributed by atoms with E-state index in [0.717, 1.165) is 16.5 Å². The van der Waals surface area contributed by atoms with Gasteiger partial charge in [-0.3, -0.25) is 9.59 Å². The van der Waals surface area contributed by atoms with Crippen LogP contribution in [-0.4, -0.2) is 45.6 Å². The molecule has 0 bridgehead atoms. The van der Waals surface area contributed by atoms with Crippen LogP contribution in [0.1, 0.15) is 25.3 Å². The zero-order chi connectivity index (χ0) is 18.4. The van der Waals surface area contributed by atoms with E-state index in [2.05, 4.69) is 16.9 Å². The van der Waals surface area contributed by atoms with Crippen LogP contribution < -0.4 is 5.32 Å². The second-order valence-corrected chi connectivity index (χ2v) is 6.21. The smallest absolute Gasteiger partial charge is 0.321 e. The summed E-state index contributed by atoms with van der Waals surface area (Å²) in [4.78, 5) is 26.2. The fraction of sp³-hybridized carbons (Fsp3) is 0.368. The molecule has 25 heavy (non-hydrogen) atoms. The van der Waals surface area contributed by atoms with Gasteiger partial charge in [0.1, 0.15) is 12.1 Å². The number of nitrogens with one attached hydrogen (secondary N) is 2. The third-order valence-electron chi connectivity index (χ3n) is 4.17. The Morgan fingerprint density at radius 1 is 1.32 bits per heavy atom. The molecule has 0 radical (unpaired) electrons. The summed E-state index contributed by atoms with van der Waals surface area (Å²) in [6.45, 7) is 5.48. The minimum Gasteiger partial charge on any atom is -0.480 e. The SMILES string of the molecule is C=C(C)C(=O)C(O)CCCN[C@@H](Cc1c[nH]c2ccccc12)C(=O)O. The first-order chi connectivity index (χ1) is 11.9. The van der Waals surface area contributed by atoms with E-state index in [-0.39, 0.29) is 12.2 Å². The van der Waals surface area contributed by atoms with Crippen LogP contribution in [0.4, 0.5) is 0 Å². The van der Waals surface area contributed by atoms with Crippen molar-refractivity contribution in [2.45, 2.75) is 38.3 Å². The van der Waals surface area contributed by atoms with Gasteiger partial charge in [-0.2, -0.15) is 0 Å². The molecular weight excluding hydrogens is 320 g/mol. The molecule has 6 heteroatoms. The van der Waals surface area contributed by atoms with Gasteiger partial charge in [0.15, 0.2) is 5.78 Å². The van der Waals surface area contributed by atoms with E-state index in [1.54, 1.807) is 6.92 Å². The van der Waals surface area contributed by atoms with E-state index in [4.69, 9.17) is 0 Å². The van der Waals surface area contributed by atoms with Crippen molar-refractivity contribution in [1.82, 2.24) is 10.3 Å². The molecule has 134 valence electrons. The Kier molecular flexibility index (Phi) is 6.50. The number of Topliss-reactive ketones (excluding diaryl/α,β-unsaturated/α-hetero) is 1. The van der Waals surface area contributed by atoms with Gasteiger partial charge in [-0.15, -0.1) is 0 Å². The molecule has 2 atom stereocenters. The number of aliphatic carboxylic acids is 1. The fourth-order valence-corrected chi connectivity index (χ4v) is 2.75. The zero-order valence-corrected chi connectivity index (χ0v) is 14.3. The maximum absolute atomic E-state index is 11.5. The minimum absolute atomic E-state index is 0.276. The van der Waals surface area contributed by atoms with Crippen molar-refractivity contribution in [2.75, 3.05) is 6.54 Å². The molecule has 1 aromatic carbocycles. The number of aromatic nitrogens is 1. The number of carbonyl (C=O) groups excluding carboxylic acids is 1. The van der Waals surface area contributed by atoms with Crippen LogP contribution in [0, 0.1) is 0 Å². The summed E-state index contributed by atoms with van der Waals surface area (Å²) < 4.78 is 0. The van der Waals surface area contributed by atoms with Gasteiger partial charge in [0.05, 0.1) is 0 Å². The number of carbonyl (C=O) groups is 2. The third-order valence-corrected chi connectivity index (χ3v) is 4.17. The Balaban J connectivity index is 1.88. The summed E-state index contributed by atoms with van der Waals surface area (Å²) in [5, 5.41) is 23.2. The number of carboxylic acids is 1. The lowest BCUT2D eigenvalue weighted by atomic mass is 10.0. The highest BCUT2D eigenvalue weighted by Gasteiger charge is 2.20. The largest absolute Gasteiger partial charge is 0.480 e. The summed E-state index contributed by atoms with van der Waals surface area (Å²) >= 11 is 0. The van der Waals surface area contributed by atoms with Gasteiger partial charge in [-0.25, -0.2) is 0 Å². The van der Waals surface area contributed by atoms with Crippen molar-refractivity contribution >= 4 is 22.7 Å². The number of para-hydroxylation sites is 1. The molecule has 0 aliphatic heterocycles. The van der Waals surface area contributed by atoms with Crippen molar-refractivity contribution < 1.29 is 19.8 Å². The number of H-pyrrole nitrogens is 1. The van der Waals surface area contributed by atoms with E-state index in [9.17, 15) is 19.8 Å². The predicted octanol–water partition coefficient (Wildman–Crippen LogP) is 2.04. The van der Waals surface area contributed by atoms with Crippen molar-refractivity contribution in [3.63, 3.8) is 0 Å². The first-order valence-electron chi connectivity index (χ1n) is 8.29. The standard InChI is InChI=1S/C19H24N2O4/c1-12(2)18(23)17(22)8-5-9-20-16(19(24)25)10-13-11-21-15-7-4-3-6-14(13)15/h3-4,6-7,11,16-17,20-22H,1,5,8-10H2,2H3,(H,24,25)/t16-,17?/m0/s1. The van der Waals surface area contributed by atoms with Crippen molar-refractivity contribution in [2.24, 2.45) is 0 Å². The molecule has 0 aliphatic carbocycles. The Morgan fingerprint density at radius 2 is 2.04 bits per heavy atom. The topological polar surface area (TPSA) is 102 Å². The van der Waals surface area contributed by atoms with Gasteiger partial charge < -0.3 is 20.5 Å². The van der Waals surface area contributed by atoms with Crippen molar-refractivity contribution in [1.29, 1.82) is 0 Å². The van der Waals surface area contributed by atoms with Crippen molar-refractivity contribution in [3.8, 4) is 0 Å². The average molecular weight is 344 g/mol. The minimum atomic E-state index is -1.07. The molecule has 0 saturated heterocycles. The monoisotopic (exact) mass is 344 g/mol. The molecule has 2 aromatic rings. The van der Waals surface area contributed by atoms with Gasteiger partial charge in [0.2, 0.25) is 0 Å². The maximum atomic E-state index is 11.5. The maximum Gasteiger partial charge on any atom is 0.321 e. The number of aromatic amines is 1. The highest BCUT2D eigenvalue weighted by atomic mass is 16.4. The first kappa shape index (κ1) is 18.9. The molecule has 0 saturated carbocycles. The van der Waals surface area contributed by atoms with E-state index in [1.165, 1.54) is 0 Å².